The van der Waals surface area contributed by atoms with Gasteiger partial charge < -0.3 is 42.3 Å². The van der Waals surface area contributed by atoms with Crippen molar-refractivity contribution in [3.05, 3.63) is 0 Å². The number of carbonyl (C=O) groups excluding carboxylic acids is 1. The summed E-state index contributed by atoms with van der Waals surface area (Å²) in [5.74, 6) is -0.159. The van der Waals surface area contributed by atoms with Crippen molar-refractivity contribution in [2.45, 2.75) is 33.2 Å². The van der Waals surface area contributed by atoms with Gasteiger partial charge in [0.25, 0.3) is 0 Å². The van der Waals surface area contributed by atoms with Crippen molar-refractivity contribution in [2.75, 3.05) is 92.9 Å². The number of ether oxygens (including phenoxy) is 5. The van der Waals surface area contributed by atoms with Gasteiger partial charge in [0, 0.05) is 39.5 Å². The van der Waals surface area contributed by atoms with Gasteiger partial charge in [-0.15, -0.1) is 0 Å². The molecule has 186 valence electrons. The van der Waals surface area contributed by atoms with E-state index in [4.69, 9.17) is 37.0 Å². The molecule has 0 bridgehead atoms. The average Bonchev–Trinajstić information content (AvgIpc) is 2.75. The number of methoxy groups -OCH3 is 1. The molecule has 0 saturated carbocycles. The van der Waals surface area contributed by atoms with Gasteiger partial charge in [-0.2, -0.15) is 0 Å². The van der Waals surface area contributed by atoms with E-state index in [-0.39, 0.29) is 12.5 Å². The summed E-state index contributed by atoms with van der Waals surface area (Å²) >= 11 is 0. The van der Waals surface area contributed by atoms with Crippen molar-refractivity contribution in [2.24, 2.45) is 0 Å². The molecule has 0 unspecified atom stereocenters. The van der Waals surface area contributed by atoms with Crippen LogP contribution in [0.2, 0.25) is 6.04 Å². The first-order chi connectivity index (χ1) is 15.1. The standard InChI is InChI=1S/C20H43NO9Si/c1-5-28-31(29-6-2,30-7-3)18-8-9-21-20(22)19-27-17-16-26-15-14-25-13-12-24-11-10-23-4/h5-19H2,1-4H3,(H,21,22). The van der Waals surface area contributed by atoms with E-state index in [1.807, 2.05) is 20.8 Å². The largest absolute Gasteiger partial charge is 0.500 e. The molecule has 0 atom stereocenters. The van der Waals surface area contributed by atoms with Gasteiger partial charge in [-0.1, -0.05) is 0 Å². The lowest BCUT2D eigenvalue weighted by Gasteiger charge is -2.28. The minimum Gasteiger partial charge on any atom is -0.382 e. The Kier molecular flexibility index (Phi) is 22.1. The zero-order chi connectivity index (χ0) is 23.0. The van der Waals surface area contributed by atoms with Gasteiger partial charge in [0.05, 0.1) is 52.9 Å². The van der Waals surface area contributed by atoms with Crippen LogP contribution in [0.15, 0.2) is 0 Å². The molecule has 1 amide bonds. The molecule has 11 heteroatoms. The summed E-state index contributed by atoms with van der Waals surface area (Å²) in [6.07, 6.45) is 0.721. The molecule has 0 aliphatic rings. The zero-order valence-corrected chi connectivity index (χ0v) is 20.8. The molecule has 0 aromatic heterocycles. The van der Waals surface area contributed by atoms with Crippen molar-refractivity contribution in [1.29, 1.82) is 0 Å². The van der Waals surface area contributed by atoms with Gasteiger partial charge in [-0.3, -0.25) is 4.79 Å². The lowest BCUT2D eigenvalue weighted by Crippen LogP contribution is -2.46. The second kappa shape index (κ2) is 22.6. The molecule has 1 N–H and O–H groups in total. The van der Waals surface area contributed by atoms with E-state index in [1.54, 1.807) is 7.11 Å². The monoisotopic (exact) mass is 469 g/mol. The quantitative estimate of drug-likeness (QED) is 0.165. The second-order valence-electron chi connectivity index (χ2n) is 6.32. The Bertz CT molecular complexity index is 388. The SMILES string of the molecule is CCO[Si](CCCNC(=O)COCCOCCOCCOCCOC)(OCC)OCC. The maximum absolute atomic E-state index is 11.8. The molecule has 0 saturated heterocycles. The molecule has 10 nitrogen and oxygen atoms in total. The Labute approximate surface area is 188 Å². The van der Waals surface area contributed by atoms with Crippen molar-refractivity contribution in [3.8, 4) is 0 Å². The number of hydrogen-bond acceptors (Lipinski definition) is 9. The molecule has 0 aromatic carbocycles. The fraction of sp³-hybridized carbons (Fsp3) is 0.950. The molecule has 0 heterocycles. The van der Waals surface area contributed by atoms with Crippen LogP contribution in [0, 0.1) is 0 Å². The van der Waals surface area contributed by atoms with E-state index in [9.17, 15) is 4.79 Å². The topological polar surface area (TPSA) is 103 Å². The smallest absolute Gasteiger partial charge is 0.382 e. The van der Waals surface area contributed by atoms with Crippen molar-refractivity contribution in [3.63, 3.8) is 0 Å². The number of rotatable bonds is 24. The van der Waals surface area contributed by atoms with Gasteiger partial charge in [-0.25, -0.2) is 0 Å². The molecule has 0 spiro atoms. The lowest BCUT2D eigenvalue weighted by atomic mass is 10.4. The van der Waals surface area contributed by atoms with Crippen LogP contribution in [-0.2, 0) is 41.8 Å². The summed E-state index contributed by atoms with van der Waals surface area (Å²) < 4.78 is 43.6. The predicted octanol–water partition coefficient (Wildman–Crippen LogP) is 1.25. The van der Waals surface area contributed by atoms with Gasteiger partial charge in [0.1, 0.15) is 6.61 Å². The van der Waals surface area contributed by atoms with Crippen LogP contribution in [0.4, 0.5) is 0 Å². The summed E-state index contributed by atoms with van der Waals surface area (Å²) in [6.45, 7) is 11.9. The molecule has 0 radical (unpaired) electrons. The first-order valence-corrected chi connectivity index (χ1v) is 13.1. The third-order valence-corrected chi connectivity index (χ3v) is 7.01. The maximum atomic E-state index is 11.8. The van der Waals surface area contributed by atoms with Crippen LogP contribution in [0.1, 0.15) is 27.2 Å². The number of nitrogens with one attached hydrogen (secondary N) is 1. The molecule has 31 heavy (non-hydrogen) atoms. The molecule has 0 aromatic rings. The highest BCUT2D eigenvalue weighted by Gasteiger charge is 2.39. The molecule has 0 fully saturated rings. The highest BCUT2D eigenvalue weighted by molar-refractivity contribution is 6.60. The van der Waals surface area contributed by atoms with Crippen molar-refractivity contribution in [1.82, 2.24) is 5.32 Å². The second-order valence-corrected chi connectivity index (χ2v) is 9.05. The highest BCUT2D eigenvalue weighted by Crippen LogP contribution is 2.17. The Hall–Kier alpha value is -0.633. The summed E-state index contributed by atoms with van der Waals surface area (Å²) in [6, 6.07) is 0.666. The zero-order valence-electron chi connectivity index (χ0n) is 19.8. The minimum atomic E-state index is -2.65. The number of hydrogen-bond donors (Lipinski definition) is 1. The maximum Gasteiger partial charge on any atom is 0.500 e. The van der Waals surface area contributed by atoms with Gasteiger partial charge >= 0.3 is 8.80 Å². The fourth-order valence-electron chi connectivity index (χ4n) is 2.55. The van der Waals surface area contributed by atoms with Crippen LogP contribution in [-0.4, -0.2) is 108 Å². The summed E-state index contributed by atoms with van der Waals surface area (Å²) in [4.78, 5) is 11.8. The van der Waals surface area contributed by atoms with E-state index in [0.717, 1.165) is 6.42 Å². The normalized spacial score (nSPS) is 11.7. The first kappa shape index (κ1) is 30.4. The van der Waals surface area contributed by atoms with E-state index < -0.39 is 8.80 Å². The third kappa shape index (κ3) is 18.6. The third-order valence-electron chi connectivity index (χ3n) is 3.86. The van der Waals surface area contributed by atoms with Crippen LogP contribution < -0.4 is 5.32 Å². The molecule has 0 rings (SSSR count). The predicted molar refractivity (Wildman–Crippen MR) is 118 cm³/mol. The van der Waals surface area contributed by atoms with Crippen LogP contribution in [0.5, 0.6) is 0 Å². The number of carbonyl (C=O) groups is 1. The lowest BCUT2D eigenvalue weighted by molar-refractivity contribution is -0.126. The molecule has 0 aliphatic heterocycles. The Morgan fingerprint density at radius 3 is 1.61 bits per heavy atom. The Morgan fingerprint density at radius 2 is 1.16 bits per heavy atom. The van der Waals surface area contributed by atoms with Crippen LogP contribution >= 0.6 is 0 Å². The van der Waals surface area contributed by atoms with Gasteiger partial charge in [-0.05, 0) is 27.2 Å². The van der Waals surface area contributed by atoms with E-state index >= 15 is 0 Å². The van der Waals surface area contributed by atoms with Crippen molar-refractivity contribution >= 4 is 14.7 Å². The first-order valence-electron chi connectivity index (χ1n) is 11.1. The van der Waals surface area contributed by atoms with Crippen LogP contribution in [0.3, 0.4) is 0 Å². The van der Waals surface area contributed by atoms with E-state index in [0.29, 0.717) is 85.3 Å². The van der Waals surface area contributed by atoms with Crippen molar-refractivity contribution < 1.29 is 41.8 Å². The summed E-state index contributed by atoms with van der Waals surface area (Å²) in [5, 5.41) is 2.84. The highest BCUT2D eigenvalue weighted by atomic mass is 28.4. The molecule has 0 aliphatic carbocycles. The fourth-order valence-corrected chi connectivity index (χ4v) is 5.16. The Morgan fingerprint density at radius 1 is 0.710 bits per heavy atom. The summed E-state index contributed by atoms with van der Waals surface area (Å²) in [5.41, 5.74) is 0. The molecular weight excluding hydrogens is 426 g/mol. The Balaban J connectivity index is 3.59. The van der Waals surface area contributed by atoms with Gasteiger partial charge in [0.2, 0.25) is 5.91 Å². The number of amides is 1. The van der Waals surface area contributed by atoms with Crippen LogP contribution in [0.25, 0.3) is 0 Å². The average molecular weight is 470 g/mol. The summed E-state index contributed by atoms with van der Waals surface area (Å²) in [7, 11) is -1.01. The van der Waals surface area contributed by atoms with Gasteiger partial charge in [0.15, 0.2) is 0 Å². The van der Waals surface area contributed by atoms with E-state index in [1.165, 1.54) is 0 Å². The molecular formula is C20H43NO9Si. The minimum absolute atomic E-state index is 0.00360. The van der Waals surface area contributed by atoms with E-state index in [2.05, 4.69) is 5.32 Å².